The molecule has 2 unspecified atom stereocenters. The van der Waals surface area contributed by atoms with Crippen molar-refractivity contribution in [2.24, 2.45) is 0 Å². The van der Waals surface area contributed by atoms with Crippen molar-refractivity contribution < 1.29 is 13.9 Å². The van der Waals surface area contributed by atoms with Gasteiger partial charge >= 0.3 is 0 Å². The zero-order chi connectivity index (χ0) is 9.56. The number of nitrogens with one attached hydrogen (secondary N) is 1. The molecule has 5 heteroatoms. The molecule has 0 amide bonds. The van der Waals surface area contributed by atoms with E-state index in [0.29, 0.717) is 0 Å². The summed E-state index contributed by atoms with van der Waals surface area (Å²) in [4.78, 5) is 0. The molecule has 0 saturated carbocycles. The lowest BCUT2D eigenvalue weighted by molar-refractivity contribution is 0.140. The van der Waals surface area contributed by atoms with Crippen molar-refractivity contribution in [1.29, 1.82) is 0 Å². The highest BCUT2D eigenvalue weighted by molar-refractivity contribution is 7.99. The Hall–Kier alpha value is 0.130. The van der Waals surface area contributed by atoms with Crippen LogP contribution in [-0.2, 0) is 0 Å². The number of aliphatic hydroxyl groups is 1. The van der Waals surface area contributed by atoms with Gasteiger partial charge < -0.3 is 10.4 Å². The molecule has 0 aliphatic heterocycles. The van der Waals surface area contributed by atoms with Gasteiger partial charge in [0.25, 0.3) is 6.43 Å². The third-order valence-electron chi connectivity index (χ3n) is 1.63. The molecule has 0 aromatic carbocycles. The van der Waals surface area contributed by atoms with Crippen LogP contribution in [0.25, 0.3) is 0 Å². The maximum Gasteiger partial charge on any atom is 0.250 e. The fraction of sp³-hybridized carbons (Fsp3) is 1.00. The Balaban J connectivity index is 3.61. The predicted molar refractivity (Wildman–Crippen MR) is 47.9 cm³/mol. The number of hydrogen-bond donors (Lipinski definition) is 2. The standard InChI is InChI=1S/C7H15F2NOS/c1-5(6(4-11)12-2)10-3-7(8)9/h5-7,10-11H,3-4H2,1-2H3. The molecule has 0 radical (unpaired) electrons. The Morgan fingerprint density at radius 3 is 2.42 bits per heavy atom. The molecule has 0 rings (SSSR count). The van der Waals surface area contributed by atoms with E-state index < -0.39 is 6.43 Å². The molecule has 0 aliphatic rings. The largest absolute Gasteiger partial charge is 0.395 e. The van der Waals surface area contributed by atoms with Gasteiger partial charge in [0.15, 0.2) is 0 Å². The average molecular weight is 199 g/mol. The van der Waals surface area contributed by atoms with Gasteiger partial charge in [-0.3, -0.25) is 0 Å². The molecular formula is C7H15F2NOS. The van der Waals surface area contributed by atoms with Crippen molar-refractivity contribution in [3.63, 3.8) is 0 Å². The minimum Gasteiger partial charge on any atom is -0.395 e. The molecule has 0 fully saturated rings. The zero-order valence-electron chi connectivity index (χ0n) is 7.26. The lowest BCUT2D eigenvalue weighted by atomic mass is 10.2. The molecule has 0 saturated heterocycles. The van der Waals surface area contributed by atoms with E-state index in [1.807, 2.05) is 6.26 Å². The van der Waals surface area contributed by atoms with E-state index in [9.17, 15) is 8.78 Å². The summed E-state index contributed by atoms with van der Waals surface area (Å²) < 4.78 is 23.5. The normalized spacial score (nSPS) is 16.5. The van der Waals surface area contributed by atoms with Gasteiger partial charge in [0, 0.05) is 11.3 Å². The first-order valence-electron chi connectivity index (χ1n) is 3.77. The zero-order valence-corrected chi connectivity index (χ0v) is 8.07. The Bertz CT molecular complexity index is 112. The molecule has 0 bridgehead atoms. The lowest BCUT2D eigenvalue weighted by Crippen LogP contribution is -2.39. The number of aliphatic hydroxyl groups excluding tert-OH is 1. The van der Waals surface area contributed by atoms with Gasteiger partial charge in [0.1, 0.15) is 0 Å². The number of halogens is 2. The quantitative estimate of drug-likeness (QED) is 0.668. The van der Waals surface area contributed by atoms with Crippen LogP contribution in [0, 0.1) is 0 Å². The average Bonchev–Trinajstić information content (AvgIpc) is 2.03. The van der Waals surface area contributed by atoms with Crippen LogP contribution in [0.1, 0.15) is 6.92 Å². The number of alkyl halides is 2. The van der Waals surface area contributed by atoms with Gasteiger partial charge in [-0.1, -0.05) is 0 Å². The van der Waals surface area contributed by atoms with Gasteiger partial charge in [0.2, 0.25) is 0 Å². The predicted octanol–water partition coefficient (Wildman–Crippen LogP) is 0.954. The molecule has 0 aromatic rings. The van der Waals surface area contributed by atoms with E-state index >= 15 is 0 Å². The fourth-order valence-electron chi connectivity index (χ4n) is 0.843. The van der Waals surface area contributed by atoms with Crippen LogP contribution in [0.2, 0.25) is 0 Å². The van der Waals surface area contributed by atoms with Crippen LogP contribution in [0.3, 0.4) is 0 Å². The Morgan fingerprint density at radius 1 is 1.50 bits per heavy atom. The lowest BCUT2D eigenvalue weighted by Gasteiger charge is -2.20. The van der Waals surface area contributed by atoms with E-state index in [1.54, 1.807) is 6.92 Å². The second-order valence-corrected chi connectivity index (χ2v) is 3.62. The van der Waals surface area contributed by atoms with Gasteiger partial charge in [-0.25, -0.2) is 8.78 Å². The first-order valence-corrected chi connectivity index (χ1v) is 5.05. The van der Waals surface area contributed by atoms with Crippen molar-refractivity contribution in [2.45, 2.75) is 24.6 Å². The maximum atomic E-state index is 11.7. The number of rotatable bonds is 6. The molecule has 2 nitrogen and oxygen atoms in total. The summed E-state index contributed by atoms with van der Waals surface area (Å²) in [5, 5.41) is 11.5. The first-order chi connectivity index (χ1) is 5.61. The second-order valence-electron chi connectivity index (χ2n) is 2.54. The highest BCUT2D eigenvalue weighted by Gasteiger charge is 2.15. The summed E-state index contributed by atoms with van der Waals surface area (Å²) >= 11 is 1.47. The van der Waals surface area contributed by atoms with Crippen LogP contribution >= 0.6 is 11.8 Å². The van der Waals surface area contributed by atoms with Gasteiger partial charge in [-0.15, -0.1) is 0 Å². The summed E-state index contributed by atoms with van der Waals surface area (Å²) in [7, 11) is 0. The Kier molecular flexibility index (Phi) is 6.70. The van der Waals surface area contributed by atoms with E-state index in [4.69, 9.17) is 5.11 Å². The van der Waals surface area contributed by atoms with Gasteiger partial charge in [0.05, 0.1) is 13.2 Å². The van der Waals surface area contributed by atoms with Gasteiger partial charge in [-0.2, -0.15) is 11.8 Å². The SMILES string of the molecule is CSC(CO)C(C)NCC(F)F. The van der Waals surface area contributed by atoms with E-state index in [0.717, 1.165) is 0 Å². The molecule has 2 atom stereocenters. The third-order valence-corrected chi connectivity index (χ3v) is 2.80. The first kappa shape index (κ1) is 12.1. The fourth-order valence-corrected chi connectivity index (χ4v) is 1.50. The van der Waals surface area contributed by atoms with Crippen LogP contribution < -0.4 is 5.32 Å². The molecule has 74 valence electrons. The van der Waals surface area contributed by atoms with Crippen LogP contribution in [-0.4, -0.2) is 42.2 Å². The molecule has 0 aliphatic carbocycles. The topological polar surface area (TPSA) is 32.3 Å². The summed E-state index contributed by atoms with van der Waals surface area (Å²) in [6, 6.07) is -0.0843. The Labute approximate surface area is 75.7 Å². The van der Waals surface area contributed by atoms with Crippen molar-refractivity contribution in [3.8, 4) is 0 Å². The maximum absolute atomic E-state index is 11.7. The summed E-state index contributed by atoms with van der Waals surface area (Å²) in [5.74, 6) is 0. The molecule has 2 N–H and O–H groups in total. The van der Waals surface area contributed by atoms with Crippen molar-refractivity contribution in [2.75, 3.05) is 19.4 Å². The minimum absolute atomic E-state index is 0.0104. The van der Waals surface area contributed by atoms with Crippen LogP contribution in [0.4, 0.5) is 8.78 Å². The highest BCUT2D eigenvalue weighted by Crippen LogP contribution is 2.10. The highest BCUT2D eigenvalue weighted by atomic mass is 32.2. The van der Waals surface area contributed by atoms with Crippen LogP contribution in [0.15, 0.2) is 0 Å². The second kappa shape index (κ2) is 6.62. The van der Waals surface area contributed by atoms with Crippen LogP contribution in [0.5, 0.6) is 0 Å². The molecule has 12 heavy (non-hydrogen) atoms. The van der Waals surface area contributed by atoms with E-state index in [1.165, 1.54) is 11.8 Å². The number of thioether (sulfide) groups is 1. The summed E-state index contributed by atoms with van der Waals surface area (Å²) in [6.45, 7) is 1.50. The molecule has 0 heterocycles. The summed E-state index contributed by atoms with van der Waals surface area (Å²) in [5.41, 5.74) is 0. The molecular weight excluding hydrogens is 184 g/mol. The third kappa shape index (κ3) is 4.90. The van der Waals surface area contributed by atoms with Gasteiger partial charge in [-0.05, 0) is 13.2 Å². The van der Waals surface area contributed by atoms with E-state index in [2.05, 4.69) is 5.32 Å². The smallest absolute Gasteiger partial charge is 0.250 e. The minimum atomic E-state index is -2.33. The molecule has 0 aromatic heterocycles. The van der Waals surface area contributed by atoms with E-state index in [-0.39, 0.29) is 24.4 Å². The molecule has 0 spiro atoms. The summed E-state index contributed by atoms with van der Waals surface area (Å²) in [6.07, 6.45) is -0.477. The van der Waals surface area contributed by atoms with Crippen molar-refractivity contribution in [3.05, 3.63) is 0 Å². The van der Waals surface area contributed by atoms with Crippen molar-refractivity contribution in [1.82, 2.24) is 5.32 Å². The number of hydrogen-bond acceptors (Lipinski definition) is 3. The Morgan fingerprint density at radius 2 is 2.08 bits per heavy atom. The van der Waals surface area contributed by atoms with Crippen molar-refractivity contribution >= 4 is 11.8 Å². The monoisotopic (exact) mass is 199 g/mol.